The Balaban J connectivity index is 2.14. The third kappa shape index (κ3) is 2.54. The van der Waals surface area contributed by atoms with Gasteiger partial charge in [0, 0.05) is 12.3 Å². The topological polar surface area (TPSA) is 69.4 Å². The van der Waals surface area contributed by atoms with Crippen molar-refractivity contribution in [2.45, 2.75) is 23.8 Å². The van der Waals surface area contributed by atoms with Crippen LogP contribution in [0.2, 0.25) is 0 Å². The van der Waals surface area contributed by atoms with Crippen LogP contribution in [0.25, 0.3) is 0 Å². The van der Waals surface area contributed by atoms with Gasteiger partial charge in [0.25, 0.3) is 0 Å². The van der Waals surface area contributed by atoms with Crippen LogP contribution in [-0.2, 0) is 14.6 Å². The monoisotopic (exact) mass is 241 g/mol. The zero-order chi connectivity index (χ0) is 11.6. The number of anilines is 1. The van der Waals surface area contributed by atoms with E-state index in [1.54, 1.807) is 24.3 Å². The minimum absolute atomic E-state index is 0.0664. The highest BCUT2D eigenvalue weighted by atomic mass is 32.2. The number of hydrogen-bond acceptors (Lipinski definition) is 4. The zero-order valence-corrected chi connectivity index (χ0v) is 9.74. The van der Waals surface area contributed by atoms with Gasteiger partial charge in [-0.3, -0.25) is 0 Å². The van der Waals surface area contributed by atoms with E-state index in [1.807, 2.05) is 0 Å². The van der Waals surface area contributed by atoms with Crippen molar-refractivity contribution in [1.29, 1.82) is 0 Å². The Morgan fingerprint density at radius 2 is 2.00 bits per heavy atom. The highest BCUT2D eigenvalue weighted by Crippen LogP contribution is 2.19. The second kappa shape index (κ2) is 4.43. The van der Waals surface area contributed by atoms with E-state index < -0.39 is 9.84 Å². The summed E-state index contributed by atoms with van der Waals surface area (Å²) in [6.07, 6.45) is 1.62. The molecule has 0 aromatic heterocycles. The highest BCUT2D eigenvalue weighted by molar-refractivity contribution is 7.91. The van der Waals surface area contributed by atoms with Crippen molar-refractivity contribution < 1.29 is 13.2 Å². The summed E-state index contributed by atoms with van der Waals surface area (Å²) >= 11 is 0. The first-order valence-electron chi connectivity index (χ1n) is 5.28. The van der Waals surface area contributed by atoms with E-state index in [9.17, 15) is 8.42 Å². The first-order chi connectivity index (χ1) is 7.58. The molecule has 1 aromatic carbocycles. The summed E-state index contributed by atoms with van der Waals surface area (Å²) in [5.41, 5.74) is 6.08. The van der Waals surface area contributed by atoms with Crippen LogP contribution in [0.3, 0.4) is 0 Å². The number of sulfone groups is 1. The summed E-state index contributed by atoms with van der Waals surface area (Å²) in [7, 11) is -3.24. The molecule has 1 aliphatic rings. The molecule has 1 fully saturated rings. The van der Waals surface area contributed by atoms with Crippen molar-refractivity contribution in [3.63, 3.8) is 0 Å². The predicted octanol–water partition coefficient (Wildman–Crippen LogP) is 1.22. The van der Waals surface area contributed by atoms with E-state index >= 15 is 0 Å². The summed E-state index contributed by atoms with van der Waals surface area (Å²) in [5, 5.41) is 0. The molecule has 1 aromatic rings. The molecule has 88 valence electrons. The average molecular weight is 241 g/mol. The standard InChI is InChI=1S/C11H15NO3S/c12-9-3-5-11(6-4-9)16(13,14)8-10-2-1-7-15-10/h3-6,10H,1-2,7-8,12H2/t10-/m0/s1. The van der Waals surface area contributed by atoms with Gasteiger partial charge in [-0.15, -0.1) is 0 Å². The number of rotatable bonds is 3. The Morgan fingerprint density at radius 1 is 1.31 bits per heavy atom. The molecule has 0 saturated carbocycles. The minimum atomic E-state index is -3.24. The number of benzene rings is 1. The van der Waals surface area contributed by atoms with Gasteiger partial charge in [0.05, 0.1) is 16.8 Å². The van der Waals surface area contributed by atoms with Crippen molar-refractivity contribution >= 4 is 15.5 Å². The van der Waals surface area contributed by atoms with Crippen LogP contribution in [0.1, 0.15) is 12.8 Å². The smallest absolute Gasteiger partial charge is 0.180 e. The molecule has 1 atom stereocenters. The fourth-order valence-corrected chi connectivity index (χ4v) is 3.29. The largest absolute Gasteiger partial charge is 0.399 e. The van der Waals surface area contributed by atoms with Crippen LogP contribution >= 0.6 is 0 Å². The number of nitrogen functional groups attached to an aromatic ring is 1. The molecule has 0 radical (unpaired) electrons. The fourth-order valence-electron chi connectivity index (χ4n) is 1.79. The summed E-state index contributed by atoms with van der Waals surface area (Å²) in [4.78, 5) is 0.317. The Kier molecular flexibility index (Phi) is 3.16. The molecular formula is C11H15NO3S. The van der Waals surface area contributed by atoms with E-state index in [0.29, 0.717) is 17.2 Å². The lowest BCUT2D eigenvalue weighted by Gasteiger charge is -2.10. The summed E-state index contributed by atoms with van der Waals surface area (Å²) in [6.45, 7) is 0.669. The lowest BCUT2D eigenvalue weighted by molar-refractivity contribution is 0.127. The minimum Gasteiger partial charge on any atom is -0.399 e. The fraction of sp³-hybridized carbons (Fsp3) is 0.455. The van der Waals surface area contributed by atoms with Crippen LogP contribution < -0.4 is 5.73 Å². The lowest BCUT2D eigenvalue weighted by Crippen LogP contribution is -2.20. The molecule has 5 heteroatoms. The van der Waals surface area contributed by atoms with Crippen molar-refractivity contribution in [2.75, 3.05) is 18.1 Å². The molecule has 0 spiro atoms. The van der Waals surface area contributed by atoms with Crippen LogP contribution in [-0.4, -0.2) is 26.9 Å². The summed E-state index contributed by atoms with van der Waals surface area (Å²) in [6, 6.07) is 6.28. The molecule has 4 nitrogen and oxygen atoms in total. The maximum Gasteiger partial charge on any atom is 0.180 e. The first kappa shape index (κ1) is 11.4. The van der Waals surface area contributed by atoms with Gasteiger partial charge in [-0.05, 0) is 37.1 Å². The Morgan fingerprint density at radius 3 is 2.56 bits per heavy atom. The molecule has 16 heavy (non-hydrogen) atoms. The summed E-state index contributed by atoms with van der Waals surface area (Å²) < 4.78 is 29.3. The van der Waals surface area contributed by atoms with Crippen molar-refractivity contribution in [1.82, 2.24) is 0 Å². The van der Waals surface area contributed by atoms with Crippen LogP contribution in [0, 0.1) is 0 Å². The second-order valence-electron chi connectivity index (χ2n) is 3.99. The number of hydrogen-bond donors (Lipinski definition) is 1. The maximum absolute atomic E-state index is 12.0. The normalized spacial score (nSPS) is 21.1. The number of nitrogens with two attached hydrogens (primary N) is 1. The molecule has 0 aliphatic carbocycles. The molecule has 2 rings (SSSR count). The van der Waals surface area contributed by atoms with Gasteiger partial charge in [-0.1, -0.05) is 0 Å². The Bertz CT molecular complexity index is 447. The number of ether oxygens (including phenoxy) is 1. The van der Waals surface area contributed by atoms with Gasteiger partial charge >= 0.3 is 0 Å². The van der Waals surface area contributed by atoms with E-state index in [0.717, 1.165) is 12.8 Å². The molecule has 2 N–H and O–H groups in total. The van der Waals surface area contributed by atoms with Crippen LogP contribution in [0.15, 0.2) is 29.2 Å². The zero-order valence-electron chi connectivity index (χ0n) is 8.93. The van der Waals surface area contributed by atoms with E-state index in [1.165, 1.54) is 0 Å². The van der Waals surface area contributed by atoms with Gasteiger partial charge in [-0.25, -0.2) is 8.42 Å². The molecule has 1 aliphatic heterocycles. The first-order valence-corrected chi connectivity index (χ1v) is 6.93. The maximum atomic E-state index is 12.0. The van der Waals surface area contributed by atoms with Crippen molar-refractivity contribution in [2.24, 2.45) is 0 Å². The molecule has 0 unspecified atom stereocenters. The van der Waals surface area contributed by atoms with E-state index in [-0.39, 0.29) is 11.9 Å². The molecule has 0 amide bonds. The van der Waals surface area contributed by atoms with Gasteiger partial charge in [-0.2, -0.15) is 0 Å². The van der Waals surface area contributed by atoms with Gasteiger partial charge in [0.2, 0.25) is 0 Å². The van der Waals surface area contributed by atoms with Gasteiger partial charge in [0.1, 0.15) is 0 Å². The van der Waals surface area contributed by atoms with E-state index in [2.05, 4.69) is 0 Å². The summed E-state index contributed by atoms with van der Waals surface area (Å²) in [5.74, 6) is 0.0664. The molecule has 1 saturated heterocycles. The van der Waals surface area contributed by atoms with Gasteiger partial charge < -0.3 is 10.5 Å². The third-order valence-corrected chi connectivity index (χ3v) is 4.47. The highest BCUT2D eigenvalue weighted by Gasteiger charge is 2.24. The van der Waals surface area contributed by atoms with Crippen LogP contribution in [0.4, 0.5) is 5.69 Å². The Hall–Kier alpha value is -1.07. The van der Waals surface area contributed by atoms with Crippen molar-refractivity contribution in [3.05, 3.63) is 24.3 Å². The molecular weight excluding hydrogens is 226 g/mol. The second-order valence-corrected chi connectivity index (χ2v) is 6.02. The third-order valence-electron chi connectivity index (χ3n) is 2.67. The van der Waals surface area contributed by atoms with Crippen molar-refractivity contribution in [3.8, 4) is 0 Å². The Labute approximate surface area is 95.3 Å². The predicted molar refractivity (Wildman–Crippen MR) is 61.9 cm³/mol. The molecule has 1 heterocycles. The van der Waals surface area contributed by atoms with E-state index in [4.69, 9.17) is 10.5 Å². The molecule has 0 bridgehead atoms. The SMILES string of the molecule is Nc1ccc(S(=O)(=O)C[C@@H]2CCCO2)cc1. The average Bonchev–Trinajstić information content (AvgIpc) is 2.70. The quantitative estimate of drug-likeness (QED) is 0.808. The van der Waals surface area contributed by atoms with Gasteiger partial charge in [0.15, 0.2) is 9.84 Å². The van der Waals surface area contributed by atoms with Crippen LogP contribution in [0.5, 0.6) is 0 Å². The lowest BCUT2D eigenvalue weighted by atomic mass is 10.3.